The number of fused-ring (bicyclic) bond motifs is 1. The molecule has 3 aromatic rings. The lowest BCUT2D eigenvalue weighted by Crippen LogP contribution is -2.42. The molecular formula is C19H16BrFN2O2S. The highest BCUT2D eigenvalue weighted by Crippen LogP contribution is 2.37. The summed E-state index contributed by atoms with van der Waals surface area (Å²) in [5.41, 5.74) is 1.12. The molecule has 4 rings (SSSR count). The molecule has 0 amide bonds. The fourth-order valence-corrected chi connectivity index (χ4v) is 5.21. The molecule has 0 spiro atoms. The van der Waals surface area contributed by atoms with Crippen molar-refractivity contribution < 1.29 is 12.8 Å². The van der Waals surface area contributed by atoms with E-state index in [2.05, 4.69) is 15.9 Å². The Morgan fingerprint density at radius 1 is 0.962 bits per heavy atom. The number of aromatic nitrogens is 1. The Morgan fingerprint density at radius 3 is 2.42 bits per heavy atom. The molecule has 4 nitrogen and oxygen atoms in total. The Bertz CT molecular complexity index is 1050. The fourth-order valence-electron chi connectivity index (χ4n) is 3.37. The van der Waals surface area contributed by atoms with Gasteiger partial charge in [-0.2, -0.15) is 4.31 Å². The van der Waals surface area contributed by atoms with Gasteiger partial charge in [0.15, 0.2) is 0 Å². The highest BCUT2D eigenvalue weighted by Gasteiger charge is 2.38. The van der Waals surface area contributed by atoms with Crippen LogP contribution in [0, 0.1) is 5.82 Å². The molecule has 1 atom stereocenters. The van der Waals surface area contributed by atoms with Crippen molar-refractivity contribution >= 4 is 26.0 Å². The van der Waals surface area contributed by atoms with Crippen LogP contribution in [0.4, 0.5) is 4.39 Å². The zero-order chi connectivity index (χ0) is 18.3. The lowest BCUT2D eigenvalue weighted by atomic mass is 10.0. The van der Waals surface area contributed by atoms with E-state index >= 15 is 0 Å². The number of halogens is 2. The van der Waals surface area contributed by atoms with Gasteiger partial charge in [-0.3, -0.25) is 0 Å². The minimum Gasteiger partial charge on any atom is -0.348 e. The topological polar surface area (TPSA) is 42.3 Å². The third-order valence-corrected chi connectivity index (χ3v) is 7.02. The van der Waals surface area contributed by atoms with E-state index in [1.807, 2.05) is 22.9 Å². The van der Waals surface area contributed by atoms with Crippen LogP contribution >= 0.6 is 15.9 Å². The first-order valence-electron chi connectivity index (χ1n) is 8.15. The first-order valence-corrected chi connectivity index (χ1v) is 10.4. The van der Waals surface area contributed by atoms with Crippen LogP contribution in [0.2, 0.25) is 0 Å². The number of benzene rings is 2. The summed E-state index contributed by atoms with van der Waals surface area (Å²) >= 11 is 3.32. The van der Waals surface area contributed by atoms with E-state index in [9.17, 15) is 12.8 Å². The molecule has 2 heterocycles. The van der Waals surface area contributed by atoms with Crippen LogP contribution < -0.4 is 0 Å². The van der Waals surface area contributed by atoms with E-state index in [0.717, 1.165) is 10.2 Å². The van der Waals surface area contributed by atoms with Gasteiger partial charge in [0.25, 0.3) is 0 Å². The van der Waals surface area contributed by atoms with Crippen LogP contribution in [-0.2, 0) is 16.6 Å². The zero-order valence-corrected chi connectivity index (χ0v) is 16.1. The molecule has 2 aromatic carbocycles. The monoisotopic (exact) mass is 434 g/mol. The Labute approximate surface area is 160 Å². The summed E-state index contributed by atoms with van der Waals surface area (Å²) in [5, 5.41) is 0. The molecule has 7 heteroatoms. The molecule has 1 aromatic heterocycles. The highest BCUT2D eigenvalue weighted by atomic mass is 79.9. The summed E-state index contributed by atoms with van der Waals surface area (Å²) in [6.45, 7) is 0.808. The van der Waals surface area contributed by atoms with Gasteiger partial charge < -0.3 is 4.57 Å². The van der Waals surface area contributed by atoms with E-state index in [4.69, 9.17) is 0 Å². The van der Waals surface area contributed by atoms with Gasteiger partial charge in [0.1, 0.15) is 5.82 Å². The van der Waals surface area contributed by atoms with Crippen molar-refractivity contribution in [2.75, 3.05) is 6.54 Å². The van der Waals surface area contributed by atoms with Crippen LogP contribution in [0.25, 0.3) is 0 Å². The number of rotatable bonds is 3. The zero-order valence-electron chi connectivity index (χ0n) is 13.7. The molecular weight excluding hydrogens is 419 g/mol. The van der Waals surface area contributed by atoms with Gasteiger partial charge in [0.2, 0.25) is 10.0 Å². The van der Waals surface area contributed by atoms with Crippen LogP contribution in [0.15, 0.2) is 76.2 Å². The standard InChI is InChI=1S/C19H16BrFN2O2S/c20-14-7-9-15(10-8-14)26(24,25)23-13-12-22-11-3-6-18(22)19(23)16-4-1-2-5-17(16)21/h1-11,19H,12-13H2/t19-/m1/s1. The van der Waals surface area contributed by atoms with E-state index < -0.39 is 21.9 Å². The SMILES string of the molecule is O=S(=O)(c1ccc(Br)cc1)N1CCn2cccc2[C@H]1c1ccccc1F. The summed E-state index contributed by atoms with van der Waals surface area (Å²) < 4.78 is 45.3. The molecule has 0 saturated heterocycles. The van der Waals surface area contributed by atoms with Crippen molar-refractivity contribution in [2.24, 2.45) is 0 Å². The van der Waals surface area contributed by atoms with E-state index in [0.29, 0.717) is 12.1 Å². The van der Waals surface area contributed by atoms with Crippen molar-refractivity contribution in [2.45, 2.75) is 17.5 Å². The summed E-state index contributed by atoms with van der Waals surface area (Å²) in [5.74, 6) is -0.414. The maximum Gasteiger partial charge on any atom is 0.244 e. The maximum absolute atomic E-state index is 14.6. The predicted molar refractivity (Wildman–Crippen MR) is 101 cm³/mol. The van der Waals surface area contributed by atoms with Gasteiger partial charge >= 0.3 is 0 Å². The highest BCUT2D eigenvalue weighted by molar-refractivity contribution is 9.10. The average molecular weight is 435 g/mol. The van der Waals surface area contributed by atoms with Crippen molar-refractivity contribution in [3.05, 3.63) is 88.4 Å². The lowest BCUT2D eigenvalue weighted by molar-refractivity contribution is 0.293. The molecule has 0 unspecified atom stereocenters. The van der Waals surface area contributed by atoms with Crippen LogP contribution in [0.1, 0.15) is 17.3 Å². The van der Waals surface area contributed by atoms with Gasteiger partial charge in [-0.05, 0) is 42.5 Å². The van der Waals surface area contributed by atoms with Gasteiger partial charge in [-0.1, -0.05) is 34.1 Å². The van der Waals surface area contributed by atoms with E-state index in [-0.39, 0.29) is 11.4 Å². The van der Waals surface area contributed by atoms with Crippen LogP contribution in [0.5, 0.6) is 0 Å². The van der Waals surface area contributed by atoms with Gasteiger partial charge in [-0.15, -0.1) is 0 Å². The Hall–Kier alpha value is -1.96. The molecule has 1 aliphatic rings. The summed E-state index contributed by atoms with van der Waals surface area (Å²) in [6.07, 6.45) is 1.90. The molecule has 0 radical (unpaired) electrons. The number of sulfonamides is 1. The largest absolute Gasteiger partial charge is 0.348 e. The normalized spacial score (nSPS) is 17.8. The molecule has 0 aliphatic carbocycles. The van der Waals surface area contributed by atoms with E-state index in [1.165, 1.54) is 10.4 Å². The molecule has 1 aliphatic heterocycles. The van der Waals surface area contributed by atoms with Crippen LogP contribution in [-0.4, -0.2) is 23.8 Å². The third kappa shape index (κ3) is 2.90. The quantitative estimate of drug-likeness (QED) is 0.620. The second kappa shape index (κ2) is 6.64. The summed E-state index contributed by atoms with van der Waals surface area (Å²) in [6, 6.07) is 15.9. The summed E-state index contributed by atoms with van der Waals surface area (Å²) in [4.78, 5) is 0.196. The minimum absolute atomic E-state index is 0.196. The fraction of sp³-hybridized carbons (Fsp3) is 0.158. The number of hydrogen-bond donors (Lipinski definition) is 0. The first-order chi connectivity index (χ1) is 12.5. The molecule has 26 heavy (non-hydrogen) atoms. The third-order valence-electron chi connectivity index (χ3n) is 4.61. The molecule has 0 saturated carbocycles. The summed E-state index contributed by atoms with van der Waals surface area (Å²) in [7, 11) is -3.78. The molecule has 134 valence electrons. The maximum atomic E-state index is 14.6. The van der Waals surface area contributed by atoms with Crippen molar-refractivity contribution in [1.82, 2.24) is 8.87 Å². The number of nitrogens with zero attached hydrogens (tertiary/aromatic N) is 2. The lowest BCUT2D eigenvalue weighted by Gasteiger charge is -2.36. The van der Waals surface area contributed by atoms with Crippen molar-refractivity contribution in [3.8, 4) is 0 Å². The second-order valence-corrected chi connectivity index (χ2v) is 8.93. The molecule has 0 fully saturated rings. The predicted octanol–water partition coefficient (Wildman–Crippen LogP) is 4.18. The Morgan fingerprint density at radius 2 is 1.69 bits per heavy atom. The Balaban J connectivity index is 1.87. The van der Waals surface area contributed by atoms with Crippen molar-refractivity contribution in [3.63, 3.8) is 0 Å². The number of hydrogen-bond acceptors (Lipinski definition) is 2. The smallest absolute Gasteiger partial charge is 0.244 e. The van der Waals surface area contributed by atoms with Crippen LogP contribution in [0.3, 0.4) is 0 Å². The van der Waals surface area contributed by atoms with Crippen molar-refractivity contribution in [1.29, 1.82) is 0 Å². The minimum atomic E-state index is -3.78. The van der Waals surface area contributed by atoms with Gasteiger partial charge in [-0.25, -0.2) is 12.8 Å². The first kappa shape index (κ1) is 17.5. The average Bonchev–Trinajstić information content (AvgIpc) is 3.10. The molecule has 0 N–H and O–H groups in total. The van der Waals surface area contributed by atoms with Gasteiger partial charge in [0, 0.05) is 35.0 Å². The molecule has 0 bridgehead atoms. The van der Waals surface area contributed by atoms with E-state index in [1.54, 1.807) is 42.5 Å². The Kier molecular flexibility index (Phi) is 4.46. The second-order valence-electron chi connectivity index (χ2n) is 6.12. The van der Waals surface area contributed by atoms with Gasteiger partial charge in [0.05, 0.1) is 10.9 Å².